The molecule has 0 bridgehead atoms. The molecule has 2 aliphatic heterocycles. The van der Waals surface area contributed by atoms with Crippen molar-refractivity contribution >= 4 is 17.7 Å². The average Bonchev–Trinajstić information content (AvgIpc) is 3.62. The van der Waals surface area contributed by atoms with E-state index in [0.29, 0.717) is 39.5 Å². The Hall–Kier alpha value is -4.25. The Balaban J connectivity index is 1.91. The number of allylic oxidation sites excluding steroid dienone is 3. The SMILES string of the molecule is C/C=C(/C)C(=O)O[C@H]1c2cc3c(c4c2[C@]2(CO4)C(=CC(=O)C(OC)=C2OC)[C@H](OC(=O)/C(C)=C\C)[C@@](C)(O)[C@H]1C)OCO3. The van der Waals surface area contributed by atoms with Crippen molar-refractivity contribution in [3.8, 4) is 17.2 Å². The fourth-order valence-electron chi connectivity index (χ4n) is 6.14. The summed E-state index contributed by atoms with van der Waals surface area (Å²) in [5.41, 5.74) is -1.59. The van der Waals surface area contributed by atoms with E-state index in [2.05, 4.69) is 0 Å². The number of carbonyl (C=O) groups is 3. The smallest absolute Gasteiger partial charge is 0.334 e. The third-order valence-electron chi connectivity index (χ3n) is 8.98. The van der Waals surface area contributed by atoms with Gasteiger partial charge in [-0.3, -0.25) is 4.79 Å². The van der Waals surface area contributed by atoms with Crippen molar-refractivity contribution in [2.75, 3.05) is 27.6 Å². The molecule has 0 saturated heterocycles. The number of fused-ring (bicyclic) bond motifs is 2. The number of ketones is 1. The Morgan fingerprint density at radius 2 is 1.65 bits per heavy atom. The average molecular weight is 597 g/mol. The van der Waals surface area contributed by atoms with E-state index in [1.807, 2.05) is 0 Å². The molecule has 1 aromatic rings. The van der Waals surface area contributed by atoms with Gasteiger partial charge in [-0.25, -0.2) is 9.59 Å². The second-order valence-electron chi connectivity index (χ2n) is 11.2. The first-order valence-corrected chi connectivity index (χ1v) is 14.0. The largest absolute Gasteiger partial charge is 0.496 e. The van der Waals surface area contributed by atoms with Crippen molar-refractivity contribution in [1.82, 2.24) is 0 Å². The molecule has 43 heavy (non-hydrogen) atoms. The molecule has 11 nitrogen and oxygen atoms in total. The highest BCUT2D eigenvalue weighted by atomic mass is 16.7. The number of hydrogen-bond acceptors (Lipinski definition) is 11. The number of hydrogen-bond donors (Lipinski definition) is 1. The van der Waals surface area contributed by atoms with Gasteiger partial charge in [-0.15, -0.1) is 0 Å². The molecule has 230 valence electrons. The molecule has 5 rings (SSSR count). The number of rotatable bonds is 6. The molecule has 5 atom stereocenters. The Morgan fingerprint density at radius 3 is 2.26 bits per heavy atom. The van der Waals surface area contributed by atoms with Gasteiger partial charge in [-0.05, 0) is 52.3 Å². The van der Waals surface area contributed by atoms with Crippen LogP contribution in [-0.4, -0.2) is 62.2 Å². The van der Waals surface area contributed by atoms with E-state index in [9.17, 15) is 19.5 Å². The van der Waals surface area contributed by atoms with E-state index < -0.39 is 46.9 Å². The van der Waals surface area contributed by atoms with Crippen molar-refractivity contribution < 1.29 is 52.6 Å². The highest BCUT2D eigenvalue weighted by molar-refractivity contribution is 6.06. The van der Waals surface area contributed by atoms with Crippen LogP contribution in [0.25, 0.3) is 0 Å². The summed E-state index contributed by atoms with van der Waals surface area (Å²) in [4.78, 5) is 40.1. The Kier molecular flexibility index (Phi) is 7.58. The molecule has 2 heterocycles. The molecule has 0 radical (unpaired) electrons. The first-order valence-electron chi connectivity index (χ1n) is 14.0. The first-order chi connectivity index (χ1) is 20.4. The van der Waals surface area contributed by atoms with Crippen molar-refractivity contribution in [2.24, 2.45) is 5.92 Å². The van der Waals surface area contributed by atoms with Crippen LogP contribution in [0.15, 0.2) is 52.5 Å². The summed E-state index contributed by atoms with van der Waals surface area (Å²) in [6, 6.07) is 1.69. The minimum Gasteiger partial charge on any atom is -0.496 e. The van der Waals surface area contributed by atoms with Gasteiger partial charge in [0.25, 0.3) is 0 Å². The van der Waals surface area contributed by atoms with Crippen molar-refractivity contribution in [3.05, 3.63) is 63.7 Å². The topological polar surface area (TPSA) is 136 Å². The Morgan fingerprint density at radius 1 is 1.00 bits per heavy atom. The van der Waals surface area contributed by atoms with Crippen LogP contribution >= 0.6 is 0 Å². The van der Waals surface area contributed by atoms with E-state index in [0.717, 1.165) is 0 Å². The molecular formula is C32H36O11. The zero-order chi connectivity index (χ0) is 31.4. The molecule has 11 heteroatoms. The summed E-state index contributed by atoms with van der Waals surface area (Å²) in [5, 5.41) is 12.4. The van der Waals surface area contributed by atoms with Gasteiger partial charge in [-0.1, -0.05) is 19.1 Å². The maximum atomic E-state index is 13.5. The van der Waals surface area contributed by atoms with Crippen LogP contribution in [0.3, 0.4) is 0 Å². The molecule has 0 amide bonds. The number of benzene rings is 1. The van der Waals surface area contributed by atoms with Crippen LogP contribution in [0.5, 0.6) is 17.2 Å². The summed E-state index contributed by atoms with van der Waals surface area (Å²) < 4.78 is 41.5. The molecule has 0 saturated carbocycles. The van der Waals surface area contributed by atoms with Gasteiger partial charge >= 0.3 is 11.9 Å². The Labute approximate surface area is 249 Å². The normalized spacial score (nSPS) is 29.5. The monoisotopic (exact) mass is 596 g/mol. The summed E-state index contributed by atoms with van der Waals surface area (Å²) in [6.07, 6.45) is 1.98. The van der Waals surface area contributed by atoms with Gasteiger partial charge in [0.15, 0.2) is 23.4 Å². The fourth-order valence-corrected chi connectivity index (χ4v) is 6.14. The lowest BCUT2D eigenvalue weighted by Gasteiger charge is -2.49. The molecule has 2 aliphatic carbocycles. The second-order valence-corrected chi connectivity index (χ2v) is 11.2. The maximum absolute atomic E-state index is 13.5. The van der Waals surface area contributed by atoms with E-state index in [4.69, 9.17) is 33.2 Å². The van der Waals surface area contributed by atoms with E-state index in [1.165, 1.54) is 27.2 Å². The molecule has 4 aliphatic rings. The third-order valence-corrected chi connectivity index (χ3v) is 8.98. The van der Waals surface area contributed by atoms with Crippen LogP contribution in [0, 0.1) is 5.92 Å². The zero-order valence-electron chi connectivity index (χ0n) is 25.5. The standard InChI is InChI=1S/C32H36O11/c1-9-15(3)29(34)42-23-17(5)31(6,36)27(43-30(35)16(4)10-2)19-12-20(33)24(37-7)28(38-8)32(19)13-39-26-22(32)18(23)11-21-25(26)41-14-40-21/h9-12,17,23,27,36H,13-14H2,1-8H3/b15-9-,16-10-/t17-,23+,27-,31-,32-/m0/s1. The third kappa shape index (κ3) is 4.31. The highest BCUT2D eigenvalue weighted by Crippen LogP contribution is 2.63. The molecule has 0 aromatic heterocycles. The molecule has 1 N–H and O–H groups in total. The minimum atomic E-state index is -1.90. The van der Waals surface area contributed by atoms with Crippen LogP contribution < -0.4 is 14.2 Å². The second kappa shape index (κ2) is 10.8. The highest BCUT2D eigenvalue weighted by Gasteiger charge is 2.64. The van der Waals surface area contributed by atoms with Gasteiger partial charge in [0.2, 0.25) is 24.1 Å². The van der Waals surface area contributed by atoms with Crippen molar-refractivity contribution in [1.29, 1.82) is 0 Å². The van der Waals surface area contributed by atoms with Crippen LogP contribution in [0.2, 0.25) is 0 Å². The molecule has 1 aromatic carbocycles. The summed E-state index contributed by atoms with van der Waals surface area (Å²) >= 11 is 0. The Bertz CT molecular complexity index is 1530. The van der Waals surface area contributed by atoms with Gasteiger partial charge < -0.3 is 38.3 Å². The van der Waals surface area contributed by atoms with Gasteiger partial charge in [0, 0.05) is 28.2 Å². The lowest BCUT2D eigenvalue weighted by Crippen LogP contribution is -2.57. The first kappa shape index (κ1) is 30.2. The zero-order valence-corrected chi connectivity index (χ0v) is 25.5. The number of methoxy groups -OCH3 is 2. The maximum Gasteiger partial charge on any atom is 0.334 e. The predicted molar refractivity (Wildman–Crippen MR) is 151 cm³/mol. The van der Waals surface area contributed by atoms with Crippen molar-refractivity contribution in [2.45, 2.75) is 64.8 Å². The number of carbonyl (C=O) groups excluding carboxylic acids is 3. The lowest BCUT2D eigenvalue weighted by atomic mass is 9.60. The lowest BCUT2D eigenvalue weighted by molar-refractivity contribution is -0.176. The number of ether oxygens (including phenoxy) is 7. The fraction of sp³-hybridized carbons (Fsp3) is 0.469. The number of esters is 2. The molecule has 0 unspecified atom stereocenters. The summed E-state index contributed by atoms with van der Waals surface area (Å²) in [7, 11) is 2.74. The van der Waals surface area contributed by atoms with E-state index >= 15 is 0 Å². The molecule has 1 spiro atoms. The van der Waals surface area contributed by atoms with Crippen LogP contribution in [-0.2, 0) is 38.7 Å². The molecule has 0 fully saturated rings. The van der Waals surface area contributed by atoms with Gasteiger partial charge in [0.1, 0.15) is 23.7 Å². The molecular weight excluding hydrogens is 560 g/mol. The quantitative estimate of drug-likeness (QED) is 0.378. The van der Waals surface area contributed by atoms with Crippen LogP contribution in [0.1, 0.15) is 58.8 Å². The van der Waals surface area contributed by atoms with E-state index in [1.54, 1.807) is 52.8 Å². The predicted octanol–water partition coefficient (Wildman–Crippen LogP) is 3.89. The van der Waals surface area contributed by atoms with Crippen molar-refractivity contribution in [3.63, 3.8) is 0 Å². The van der Waals surface area contributed by atoms with Gasteiger partial charge in [0.05, 0.1) is 14.2 Å². The van der Waals surface area contributed by atoms with E-state index in [-0.39, 0.29) is 30.5 Å². The minimum absolute atomic E-state index is 0.0721. The summed E-state index contributed by atoms with van der Waals surface area (Å²) in [6.45, 7) is 9.57. The number of aliphatic hydroxyl groups is 1. The van der Waals surface area contributed by atoms with Crippen LogP contribution in [0.4, 0.5) is 0 Å². The van der Waals surface area contributed by atoms with Gasteiger partial charge in [-0.2, -0.15) is 0 Å². The summed E-state index contributed by atoms with van der Waals surface area (Å²) in [5.74, 6) is -1.78.